The molecule has 0 saturated carbocycles. The number of hydrogen-bond acceptors (Lipinski definition) is 10. The van der Waals surface area contributed by atoms with E-state index in [1.165, 1.54) is 36.4 Å². The number of carbonyl (C=O) groups excluding carboxylic acids is 5. The number of carbonyl (C=O) groups is 5. The Morgan fingerprint density at radius 1 is 0.553 bits per heavy atom. The van der Waals surface area contributed by atoms with Gasteiger partial charge in [-0.3, -0.25) is 0 Å². The van der Waals surface area contributed by atoms with Gasteiger partial charge in [-0.15, -0.1) is 0 Å². The third kappa shape index (κ3) is 8.31. The van der Waals surface area contributed by atoms with Crippen LogP contribution in [0.3, 0.4) is 0 Å². The number of benzene rings is 2. The first-order valence-corrected chi connectivity index (χ1v) is 10.7. The molecule has 0 fully saturated rings. The quantitative estimate of drug-likeness (QED) is 0.244. The summed E-state index contributed by atoms with van der Waals surface area (Å²) in [5, 5.41) is 0. The molecule has 0 bridgehead atoms. The molecular weight excluding hydrogens is 496 g/mol. The van der Waals surface area contributed by atoms with E-state index in [9.17, 15) is 24.0 Å². The zero-order valence-electron chi connectivity index (χ0n) is 20.3. The summed E-state index contributed by atoms with van der Waals surface area (Å²) in [4.78, 5) is 59.0. The van der Waals surface area contributed by atoms with E-state index in [1.807, 2.05) is 0 Å². The molecule has 10 heteroatoms. The van der Waals surface area contributed by atoms with E-state index in [4.69, 9.17) is 23.7 Å². The van der Waals surface area contributed by atoms with E-state index in [1.54, 1.807) is 6.92 Å². The number of rotatable bonds is 11. The van der Waals surface area contributed by atoms with Gasteiger partial charge in [0.1, 0.15) is 5.75 Å². The van der Waals surface area contributed by atoms with Crippen LogP contribution in [0.4, 0.5) is 0 Å². The summed E-state index contributed by atoms with van der Waals surface area (Å²) in [6.07, 6.45) is 4.82. The Balaban J connectivity index is 2.31. The second kappa shape index (κ2) is 13.5. The van der Waals surface area contributed by atoms with Gasteiger partial charge in [0.05, 0.1) is 0 Å². The normalized spacial score (nSPS) is 10.3. The minimum Gasteiger partial charge on any atom is -0.423 e. The summed E-state index contributed by atoms with van der Waals surface area (Å²) in [6, 6.07) is 8.01. The average Bonchev–Trinajstić information content (AvgIpc) is 2.90. The van der Waals surface area contributed by atoms with Gasteiger partial charge in [0, 0.05) is 36.4 Å². The van der Waals surface area contributed by atoms with Crippen molar-refractivity contribution in [2.24, 2.45) is 0 Å². The predicted molar refractivity (Wildman–Crippen MR) is 135 cm³/mol. The van der Waals surface area contributed by atoms with Gasteiger partial charge in [-0.2, -0.15) is 0 Å². The molecule has 0 aromatic heterocycles. The third-order valence-corrected chi connectivity index (χ3v) is 4.38. The maximum absolute atomic E-state index is 12.6. The first kappa shape index (κ1) is 28.7. The Bertz CT molecular complexity index is 1360. The van der Waals surface area contributed by atoms with Crippen molar-refractivity contribution in [3.05, 3.63) is 98.7 Å². The zero-order chi connectivity index (χ0) is 28.2. The second-order valence-corrected chi connectivity index (χ2v) is 7.02. The first-order valence-electron chi connectivity index (χ1n) is 10.7. The molecular formula is C28H22O10. The van der Waals surface area contributed by atoms with Crippen molar-refractivity contribution in [2.45, 2.75) is 6.92 Å². The number of ether oxygens (including phenoxy) is 5. The number of esters is 5. The highest BCUT2D eigenvalue weighted by Gasteiger charge is 2.16. The van der Waals surface area contributed by atoms with Crippen LogP contribution in [0.5, 0.6) is 28.7 Å². The minimum absolute atomic E-state index is 0.0309. The first-order chi connectivity index (χ1) is 18.1. The average molecular weight is 518 g/mol. The molecule has 0 aliphatic carbocycles. The summed E-state index contributed by atoms with van der Waals surface area (Å²) >= 11 is 0. The molecule has 0 aliphatic heterocycles. The summed E-state index contributed by atoms with van der Waals surface area (Å²) in [7, 11) is 0. The fourth-order valence-corrected chi connectivity index (χ4v) is 2.64. The molecule has 0 aliphatic rings. The van der Waals surface area contributed by atoms with Gasteiger partial charge >= 0.3 is 29.8 Å². The van der Waals surface area contributed by atoms with Gasteiger partial charge in [-0.1, -0.05) is 32.4 Å². The van der Waals surface area contributed by atoms with Crippen LogP contribution in [0.25, 0.3) is 5.57 Å². The van der Waals surface area contributed by atoms with Crippen LogP contribution in [0, 0.1) is 0 Å². The smallest absolute Gasteiger partial charge is 0.336 e. The van der Waals surface area contributed by atoms with Crippen molar-refractivity contribution in [3.8, 4) is 28.7 Å². The van der Waals surface area contributed by atoms with Gasteiger partial charge in [-0.05, 0) is 42.3 Å². The number of hydrogen-bond donors (Lipinski definition) is 0. The van der Waals surface area contributed by atoms with Crippen LogP contribution < -0.4 is 23.7 Å². The standard InChI is InChI=1S/C28H22O10/c1-6-24(29)35-20-12-10-18(15-22(20)37-26(31)8-3)17(5)14-28(33)34-19-11-13-21(36-25(30)7-2)23(16-19)38-27(32)9-4/h6-16H,1-4H2,5H3. The Morgan fingerprint density at radius 2 is 0.974 bits per heavy atom. The van der Waals surface area contributed by atoms with Crippen LogP contribution in [-0.2, 0) is 24.0 Å². The molecule has 0 atom stereocenters. The lowest BCUT2D eigenvalue weighted by molar-refractivity contribution is -0.131. The highest BCUT2D eigenvalue weighted by molar-refractivity contribution is 5.93. The van der Waals surface area contributed by atoms with E-state index >= 15 is 0 Å². The van der Waals surface area contributed by atoms with Crippen LogP contribution in [-0.4, -0.2) is 29.8 Å². The van der Waals surface area contributed by atoms with Crippen LogP contribution in [0.2, 0.25) is 0 Å². The summed E-state index contributed by atoms with van der Waals surface area (Å²) in [5.41, 5.74) is 0.821. The van der Waals surface area contributed by atoms with Crippen molar-refractivity contribution in [1.82, 2.24) is 0 Å². The Morgan fingerprint density at radius 3 is 1.45 bits per heavy atom. The summed E-state index contributed by atoms with van der Waals surface area (Å²) < 4.78 is 25.5. The Hall–Kier alpha value is -5.51. The monoisotopic (exact) mass is 518 g/mol. The van der Waals surface area contributed by atoms with Gasteiger partial charge in [0.2, 0.25) is 0 Å². The van der Waals surface area contributed by atoms with Crippen molar-refractivity contribution >= 4 is 35.4 Å². The largest absolute Gasteiger partial charge is 0.423 e. The highest BCUT2D eigenvalue weighted by atomic mass is 16.6. The van der Waals surface area contributed by atoms with Crippen LogP contribution >= 0.6 is 0 Å². The van der Waals surface area contributed by atoms with Gasteiger partial charge in [0.25, 0.3) is 0 Å². The molecule has 0 saturated heterocycles. The molecule has 0 unspecified atom stereocenters. The Kier molecular flexibility index (Phi) is 10.2. The van der Waals surface area contributed by atoms with E-state index < -0.39 is 29.8 Å². The van der Waals surface area contributed by atoms with Gasteiger partial charge in [-0.25, -0.2) is 24.0 Å². The van der Waals surface area contributed by atoms with E-state index in [0.29, 0.717) is 11.1 Å². The predicted octanol–water partition coefficient (Wildman–Crippen LogP) is 4.06. The maximum Gasteiger partial charge on any atom is 0.336 e. The molecule has 0 radical (unpaired) electrons. The van der Waals surface area contributed by atoms with Crippen molar-refractivity contribution in [1.29, 1.82) is 0 Å². The highest BCUT2D eigenvalue weighted by Crippen LogP contribution is 2.33. The SMILES string of the molecule is C=CC(=O)Oc1ccc(OC(=O)C=C(C)c2ccc(OC(=O)C=C)c(OC(=O)C=C)c2)cc1OC(=O)C=C. The molecule has 38 heavy (non-hydrogen) atoms. The van der Waals surface area contributed by atoms with Gasteiger partial charge in [0.15, 0.2) is 23.0 Å². The Labute approximate surface area is 217 Å². The molecule has 2 aromatic carbocycles. The fourth-order valence-electron chi connectivity index (χ4n) is 2.64. The maximum atomic E-state index is 12.6. The minimum atomic E-state index is -0.838. The van der Waals surface area contributed by atoms with Crippen molar-refractivity contribution in [3.63, 3.8) is 0 Å². The van der Waals surface area contributed by atoms with Gasteiger partial charge < -0.3 is 23.7 Å². The van der Waals surface area contributed by atoms with E-state index in [-0.39, 0.29) is 28.7 Å². The lowest BCUT2D eigenvalue weighted by Gasteiger charge is -2.12. The molecule has 0 spiro atoms. The summed E-state index contributed by atoms with van der Waals surface area (Å²) in [6.45, 7) is 14.8. The van der Waals surface area contributed by atoms with Crippen LogP contribution in [0.1, 0.15) is 12.5 Å². The molecule has 0 heterocycles. The zero-order valence-corrected chi connectivity index (χ0v) is 20.3. The molecule has 10 nitrogen and oxygen atoms in total. The van der Waals surface area contributed by atoms with Crippen molar-refractivity contribution < 1.29 is 47.7 Å². The lowest BCUT2D eigenvalue weighted by Crippen LogP contribution is -2.10. The molecule has 2 aromatic rings. The molecule has 0 amide bonds. The fraction of sp³-hybridized carbons (Fsp3) is 0.0357. The van der Waals surface area contributed by atoms with Crippen molar-refractivity contribution in [2.75, 3.05) is 0 Å². The van der Waals surface area contributed by atoms with Crippen LogP contribution in [0.15, 0.2) is 93.1 Å². The molecule has 0 N–H and O–H groups in total. The van der Waals surface area contributed by atoms with E-state index in [2.05, 4.69) is 26.3 Å². The second-order valence-electron chi connectivity index (χ2n) is 7.02. The molecule has 194 valence electrons. The molecule has 2 rings (SSSR count). The van der Waals surface area contributed by atoms with E-state index in [0.717, 1.165) is 30.4 Å². The topological polar surface area (TPSA) is 132 Å². The lowest BCUT2D eigenvalue weighted by atomic mass is 10.1. The summed E-state index contributed by atoms with van der Waals surface area (Å²) in [5.74, 6) is -4.51. The number of allylic oxidation sites excluding steroid dienone is 1. The third-order valence-electron chi connectivity index (χ3n) is 4.38.